The molecule has 0 aliphatic carbocycles. The number of amides is 2. The molecule has 0 fully saturated rings. The summed E-state index contributed by atoms with van der Waals surface area (Å²) in [6.45, 7) is 1.27. The summed E-state index contributed by atoms with van der Waals surface area (Å²) in [4.78, 5) is 34.0. The van der Waals surface area contributed by atoms with Crippen LogP contribution in [0.25, 0.3) is 0 Å². The second-order valence-corrected chi connectivity index (χ2v) is 6.34. The van der Waals surface area contributed by atoms with E-state index in [2.05, 4.69) is 26.6 Å². The van der Waals surface area contributed by atoms with Crippen molar-refractivity contribution in [1.82, 2.24) is 5.32 Å². The summed E-state index contributed by atoms with van der Waals surface area (Å²) < 4.78 is 14.6. The molecule has 0 aliphatic heterocycles. The Labute approximate surface area is 156 Å². The molecule has 0 saturated carbocycles. The van der Waals surface area contributed by atoms with Gasteiger partial charge < -0.3 is 10.6 Å². The first kappa shape index (κ1) is 19.5. The normalized spacial score (nSPS) is 10.3. The molecule has 0 saturated heterocycles. The van der Waals surface area contributed by atoms with E-state index in [-0.39, 0.29) is 30.0 Å². The number of nitrogens with zero attached hydrogens (tertiary/aromatic N) is 1. The summed E-state index contributed by atoms with van der Waals surface area (Å²) in [5.74, 6) is -1.84. The Morgan fingerprint density at radius 3 is 2.50 bits per heavy atom. The maximum absolute atomic E-state index is 13.7. The van der Waals surface area contributed by atoms with Crippen LogP contribution in [-0.2, 0) is 4.79 Å². The second kappa shape index (κ2) is 8.52. The number of nitro groups is 1. The fourth-order valence-corrected chi connectivity index (χ4v) is 2.40. The van der Waals surface area contributed by atoms with Crippen molar-refractivity contribution in [3.05, 3.63) is 67.9 Å². The van der Waals surface area contributed by atoms with Crippen molar-refractivity contribution >= 4 is 39.1 Å². The molecule has 2 amide bonds. The third-order valence-electron chi connectivity index (χ3n) is 3.54. The largest absolute Gasteiger partial charge is 0.352 e. The van der Waals surface area contributed by atoms with E-state index >= 15 is 0 Å². The Hall–Kier alpha value is -2.81. The SMILES string of the molecule is Cc1c(F)cc(C(=O)NCCC(=O)Nc2ccc(Br)cc2)cc1[N+](=O)[O-]. The van der Waals surface area contributed by atoms with E-state index in [1.807, 2.05) is 0 Å². The van der Waals surface area contributed by atoms with Crippen molar-refractivity contribution in [2.24, 2.45) is 0 Å². The maximum Gasteiger partial charge on any atom is 0.276 e. The van der Waals surface area contributed by atoms with Crippen molar-refractivity contribution in [2.45, 2.75) is 13.3 Å². The number of halogens is 2. The molecule has 2 N–H and O–H groups in total. The summed E-state index contributed by atoms with van der Waals surface area (Å²) in [6, 6.07) is 8.92. The minimum absolute atomic E-state index is 0.00175. The first-order valence-electron chi connectivity index (χ1n) is 7.56. The number of hydrogen-bond acceptors (Lipinski definition) is 4. The van der Waals surface area contributed by atoms with E-state index in [1.165, 1.54) is 6.92 Å². The van der Waals surface area contributed by atoms with Gasteiger partial charge in [-0.25, -0.2) is 4.39 Å². The zero-order valence-corrected chi connectivity index (χ0v) is 15.3. The summed E-state index contributed by atoms with van der Waals surface area (Å²) in [7, 11) is 0. The summed E-state index contributed by atoms with van der Waals surface area (Å²) in [5.41, 5.74) is -0.169. The first-order valence-corrected chi connectivity index (χ1v) is 8.35. The molecule has 0 spiro atoms. The average Bonchev–Trinajstić information content (AvgIpc) is 2.58. The van der Waals surface area contributed by atoms with Crippen LogP contribution in [-0.4, -0.2) is 23.3 Å². The Morgan fingerprint density at radius 2 is 1.88 bits per heavy atom. The highest BCUT2D eigenvalue weighted by molar-refractivity contribution is 9.10. The molecule has 0 aliphatic rings. The molecular formula is C17H15BrFN3O4. The van der Waals surface area contributed by atoms with Gasteiger partial charge in [-0.1, -0.05) is 15.9 Å². The van der Waals surface area contributed by atoms with Crippen LogP contribution < -0.4 is 10.6 Å². The van der Waals surface area contributed by atoms with Gasteiger partial charge in [0.25, 0.3) is 11.6 Å². The van der Waals surface area contributed by atoms with Crippen molar-refractivity contribution in [1.29, 1.82) is 0 Å². The number of carbonyl (C=O) groups is 2. The minimum atomic E-state index is -0.836. The molecule has 2 aromatic carbocycles. The van der Waals surface area contributed by atoms with E-state index in [0.717, 1.165) is 16.6 Å². The highest BCUT2D eigenvalue weighted by Crippen LogP contribution is 2.22. The highest BCUT2D eigenvalue weighted by atomic mass is 79.9. The van der Waals surface area contributed by atoms with Crippen LogP contribution in [0.1, 0.15) is 22.3 Å². The topological polar surface area (TPSA) is 101 Å². The third kappa shape index (κ3) is 5.09. The Balaban J connectivity index is 1.91. The van der Waals surface area contributed by atoms with Crippen molar-refractivity contribution in [3.8, 4) is 0 Å². The quantitative estimate of drug-likeness (QED) is 0.547. The van der Waals surface area contributed by atoms with Gasteiger partial charge in [-0.15, -0.1) is 0 Å². The molecule has 136 valence electrons. The van der Waals surface area contributed by atoms with Crippen molar-refractivity contribution in [2.75, 3.05) is 11.9 Å². The molecule has 0 atom stereocenters. The molecular weight excluding hydrogens is 409 g/mol. The van der Waals surface area contributed by atoms with Crippen LogP contribution in [0.5, 0.6) is 0 Å². The second-order valence-electron chi connectivity index (χ2n) is 5.42. The monoisotopic (exact) mass is 423 g/mol. The Bertz CT molecular complexity index is 856. The predicted octanol–water partition coefficient (Wildman–Crippen LogP) is 3.56. The summed E-state index contributed by atoms with van der Waals surface area (Å²) in [5, 5.41) is 16.0. The van der Waals surface area contributed by atoms with Crippen LogP contribution in [0.3, 0.4) is 0 Å². The zero-order valence-electron chi connectivity index (χ0n) is 13.7. The minimum Gasteiger partial charge on any atom is -0.352 e. The van der Waals surface area contributed by atoms with Crippen molar-refractivity contribution in [3.63, 3.8) is 0 Å². The zero-order chi connectivity index (χ0) is 19.3. The van der Waals surface area contributed by atoms with E-state index < -0.39 is 22.3 Å². The van der Waals surface area contributed by atoms with Gasteiger partial charge in [0.15, 0.2) is 0 Å². The molecule has 2 rings (SSSR count). The van der Waals surface area contributed by atoms with E-state index in [1.54, 1.807) is 24.3 Å². The Morgan fingerprint density at radius 1 is 1.23 bits per heavy atom. The maximum atomic E-state index is 13.7. The van der Waals surface area contributed by atoms with Gasteiger partial charge in [-0.3, -0.25) is 19.7 Å². The lowest BCUT2D eigenvalue weighted by molar-refractivity contribution is -0.385. The smallest absolute Gasteiger partial charge is 0.276 e. The molecule has 0 bridgehead atoms. The number of anilines is 1. The fourth-order valence-electron chi connectivity index (χ4n) is 2.13. The predicted molar refractivity (Wildman–Crippen MR) is 97.5 cm³/mol. The average molecular weight is 424 g/mol. The van der Waals surface area contributed by atoms with E-state index in [4.69, 9.17) is 0 Å². The van der Waals surface area contributed by atoms with Gasteiger partial charge in [0, 0.05) is 34.8 Å². The molecule has 0 unspecified atom stereocenters. The lowest BCUT2D eigenvalue weighted by Gasteiger charge is -2.08. The number of hydrogen-bond donors (Lipinski definition) is 2. The summed E-state index contributed by atoms with van der Waals surface area (Å²) >= 11 is 3.29. The van der Waals surface area contributed by atoms with Gasteiger partial charge in [0.05, 0.1) is 10.5 Å². The van der Waals surface area contributed by atoms with Gasteiger partial charge in [0.2, 0.25) is 5.91 Å². The number of benzene rings is 2. The first-order chi connectivity index (χ1) is 12.3. The van der Waals surface area contributed by atoms with Crippen LogP contribution in [0.4, 0.5) is 15.8 Å². The number of nitro benzene ring substituents is 1. The Kier molecular flexibility index (Phi) is 6.40. The fraction of sp³-hybridized carbons (Fsp3) is 0.176. The molecule has 0 heterocycles. The lowest BCUT2D eigenvalue weighted by atomic mass is 10.1. The van der Waals surface area contributed by atoms with Crippen LogP contribution in [0.15, 0.2) is 40.9 Å². The van der Waals surface area contributed by atoms with Gasteiger partial charge >= 0.3 is 0 Å². The molecule has 7 nitrogen and oxygen atoms in total. The third-order valence-corrected chi connectivity index (χ3v) is 4.07. The van der Waals surface area contributed by atoms with Gasteiger partial charge in [-0.05, 0) is 37.3 Å². The molecule has 26 heavy (non-hydrogen) atoms. The van der Waals surface area contributed by atoms with Crippen molar-refractivity contribution < 1.29 is 18.9 Å². The molecule has 0 radical (unpaired) electrons. The van der Waals surface area contributed by atoms with Gasteiger partial charge in [-0.2, -0.15) is 0 Å². The van der Waals surface area contributed by atoms with Crippen LogP contribution in [0, 0.1) is 22.9 Å². The molecule has 2 aromatic rings. The number of rotatable bonds is 6. The van der Waals surface area contributed by atoms with E-state index in [0.29, 0.717) is 5.69 Å². The number of carbonyl (C=O) groups excluding carboxylic acids is 2. The van der Waals surface area contributed by atoms with E-state index in [9.17, 15) is 24.1 Å². The van der Waals surface area contributed by atoms with Gasteiger partial charge in [0.1, 0.15) is 5.82 Å². The lowest BCUT2D eigenvalue weighted by Crippen LogP contribution is -2.27. The molecule has 9 heteroatoms. The summed E-state index contributed by atoms with van der Waals surface area (Å²) in [6.07, 6.45) is -0.00175. The molecule has 0 aromatic heterocycles. The number of nitrogens with one attached hydrogen (secondary N) is 2. The van der Waals surface area contributed by atoms with Crippen LogP contribution >= 0.6 is 15.9 Å². The standard InChI is InChI=1S/C17H15BrFN3O4/c1-10-14(19)8-11(9-15(10)22(25)26)17(24)20-7-6-16(23)21-13-4-2-12(18)3-5-13/h2-5,8-9H,6-7H2,1H3,(H,20,24)(H,21,23). The van der Waals surface area contributed by atoms with Crippen LogP contribution in [0.2, 0.25) is 0 Å². The highest BCUT2D eigenvalue weighted by Gasteiger charge is 2.19.